The second kappa shape index (κ2) is 6.70. The van der Waals surface area contributed by atoms with E-state index in [1.165, 1.54) is 23.1 Å². The first kappa shape index (κ1) is 15.5. The molecule has 0 aliphatic rings. The van der Waals surface area contributed by atoms with Gasteiger partial charge in [0.1, 0.15) is 11.5 Å². The Morgan fingerprint density at radius 3 is 2.82 bits per heavy atom. The van der Waals surface area contributed by atoms with Crippen LogP contribution in [0.5, 0.6) is 5.75 Å². The van der Waals surface area contributed by atoms with Crippen molar-refractivity contribution in [3.63, 3.8) is 0 Å². The molecule has 116 valence electrons. The smallest absolute Gasteiger partial charge is 0.310 e. The van der Waals surface area contributed by atoms with Gasteiger partial charge in [-0.15, -0.1) is 0 Å². The fraction of sp³-hybridized carbons (Fsp3) is 0.286. The van der Waals surface area contributed by atoms with Crippen LogP contribution >= 0.6 is 0 Å². The van der Waals surface area contributed by atoms with Gasteiger partial charge in [0, 0.05) is 19.2 Å². The van der Waals surface area contributed by atoms with Crippen molar-refractivity contribution in [3.8, 4) is 5.75 Å². The zero-order chi connectivity index (χ0) is 16.1. The van der Waals surface area contributed by atoms with Crippen LogP contribution in [-0.2, 0) is 11.3 Å². The van der Waals surface area contributed by atoms with E-state index in [1.807, 2.05) is 0 Å². The fourth-order valence-corrected chi connectivity index (χ4v) is 1.80. The monoisotopic (exact) mass is 305 g/mol. The molecule has 0 N–H and O–H groups in total. The number of ether oxygens (including phenoxy) is 1. The Labute approximate surface area is 126 Å². The molecule has 0 aliphatic heterocycles. The third-order valence-corrected chi connectivity index (χ3v) is 2.91. The molecule has 1 aromatic heterocycles. The molecule has 0 aliphatic carbocycles. The minimum Gasteiger partial charge on any atom is -0.477 e. The Kier molecular flexibility index (Phi) is 4.72. The fourth-order valence-electron chi connectivity index (χ4n) is 1.80. The van der Waals surface area contributed by atoms with Crippen LogP contribution in [0.4, 0.5) is 5.69 Å². The minimum absolute atomic E-state index is 0.0616. The molecule has 0 bridgehead atoms. The molecule has 0 radical (unpaired) electrons. The SMILES string of the molecule is Cc1cc(CN(C)C(=O)COc2ccccc2[N+](=O)[O-])no1. The number of hydrogen-bond donors (Lipinski definition) is 0. The quantitative estimate of drug-likeness (QED) is 0.597. The third-order valence-electron chi connectivity index (χ3n) is 2.91. The third kappa shape index (κ3) is 3.81. The van der Waals surface area contributed by atoms with Crippen molar-refractivity contribution in [1.82, 2.24) is 10.1 Å². The molecule has 8 heteroatoms. The van der Waals surface area contributed by atoms with Gasteiger partial charge in [-0.25, -0.2) is 0 Å². The van der Waals surface area contributed by atoms with Gasteiger partial charge >= 0.3 is 5.69 Å². The number of rotatable bonds is 6. The van der Waals surface area contributed by atoms with Gasteiger partial charge in [0.25, 0.3) is 5.91 Å². The molecule has 1 amide bonds. The zero-order valence-corrected chi connectivity index (χ0v) is 12.2. The van der Waals surface area contributed by atoms with E-state index in [2.05, 4.69) is 5.16 Å². The predicted octanol–water partition coefficient (Wildman–Crippen LogP) is 1.93. The molecule has 1 heterocycles. The maximum atomic E-state index is 12.0. The molecule has 2 aromatic rings. The van der Waals surface area contributed by atoms with Gasteiger partial charge in [-0.2, -0.15) is 0 Å². The first-order valence-electron chi connectivity index (χ1n) is 6.49. The maximum Gasteiger partial charge on any atom is 0.310 e. The minimum atomic E-state index is -0.554. The lowest BCUT2D eigenvalue weighted by molar-refractivity contribution is -0.385. The zero-order valence-electron chi connectivity index (χ0n) is 12.2. The molecule has 1 aromatic carbocycles. The van der Waals surface area contributed by atoms with Crippen LogP contribution in [0.1, 0.15) is 11.5 Å². The van der Waals surface area contributed by atoms with Crippen LogP contribution < -0.4 is 4.74 Å². The van der Waals surface area contributed by atoms with Crippen LogP contribution in [0.25, 0.3) is 0 Å². The topological polar surface area (TPSA) is 98.7 Å². The molecule has 8 nitrogen and oxygen atoms in total. The lowest BCUT2D eigenvalue weighted by Gasteiger charge is -2.15. The van der Waals surface area contributed by atoms with E-state index >= 15 is 0 Å². The van der Waals surface area contributed by atoms with Crippen LogP contribution in [-0.4, -0.2) is 34.5 Å². The summed E-state index contributed by atoms with van der Waals surface area (Å²) in [5.74, 6) is 0.400. The Bertz CT molecular complexity index is 683. The molecule has 22 heavy (non-hydrogen) atoms. The van der Waals surface area contributed by atoms with Crippen LogP contribution in [0.2, 0.25) is 0 Å². The van der Waals surface area contributed by atoms with Crippen molar-refractivity contribution >= 4 is 11.6 Å². The Hall–Kier alpha value is -2.90. The van der Waals surface area contributed by atoms with E-state index < -0.39 is 4.92 Å². The highest BCUT2D eigenvalue weighted by Crippen LogP contribution is 2.25. The van der Waals surface area contributed by atoms with Gasteiger partial charge in [0.2, 0.25) is 0 Å². The number of aryl methyl sites for hydroxylation is 1. The Morgan fingerprint density at radius 2 is 2.18 bits per heavy atom. The molecule has 0 atom stereocenters. The first-order valence-corrected chi connectivity index (χ1v) is 6.49. The molecule has 0 saturated carbocycles. The lowest BCUT2D eigenvalue weighted by atomic mass is 10.3. The summed E-state index contributed by atoms with van der Waals surface area (Å²) in [4.78, 5) is 23.7. The molecule has 0 spiro atoms. The van der Waals surface area contributed by atoms with Gasteiger partial charge in [0.15, 0.2) is 12.4 Å². The summed E-state index contributed by atoms with van der Waals surface area (Å²) in [6.07, 6.45) is 0. The summed E-state index contributed by atoms with van der Waals surface area (Å²) in [7, 11) is 1.59. The predicted molar refractivity (Wildman–Crippen MR) is 76.3 cm³/mol. The van der Waals surface area contributed by atoms with Crippen molar-refractivity contribution in [2.45, 2.75) is 13.5 Å². The van der Waals surface area contributed by atoms with E-state index in [-0.39, 0.29) is 30.5 Å². The number of nitro groups is 1. The molecule has 0 unspecified atom stereocenters. The molecule has 0 fully saturated rings. The number of likely N-dealkylation sites (N-methyl/N-ethyl adjacent to an activating group) is 1. The van der Waals surface area contributed by atoms with Gasteiger partial charge in [0.05, 0.1) is 11.5 Å². The summed E-state index contributed by atoms with van der Waals surface area (Å²) in [6, 6.07) is 7.64. The Morgan fingerprint density at radius 1 is 1.45 bits per heavy atom. The van der Waals surface area contributed by atoms with E-state index in [0.717, 1.165) is 0 Å². The van der Waals surface area contributed by atoms with Gasteiger partial charge in [-0.05, 0) is 13.0 Å². The summed E-state index contributed by atoms with van der Waals surface area (Å²) < 4.78 is 10.2. The van der Waals surface area contributed by atoms with Crippen LogP contribution in [0, 0.1) is 17.0 Å². The van der Waals surface area contributed by atoms with Gasteiger partial charge < -0.3 is 14.2 Å². The van der Waals surface area contributed by atoms with Crippen molar-refractivity contribution in [3.05, 3.63) is 51.9 Å². The molecular weight excluding hydrogens is 290 g/mol. The molecular formula is C14H15N3O5. The second-order valence-corrected chi connectivity index (χ2v) is 4.69. The number of benzene rings is 1. The largest absolute Gasteiger partial charge is 0.477 e. The van der Waals surface area contributed by atoms with Gasteiger partial charge in [-0.3, -0.25) is 14.9 Å². The van der Waals surface area contributed by atoms with Crippen molar-refractivity contribution in [2.24, 2.45) is 0 Å². The lowest BCUT2D eigenvalue weighted by Crippen LogP contribution is -2.31. The summed E-state index contributed by atoms with van der Waals surface area (Å²) >= 11 is 0. The Balaban J connectivity index is 1.93. The molecule has 2 rings (SSSR count). The number of aromatic nitrogens is 1. The number of nitro benzene ring substituents is 1. The number of amides is 1. The summed E-state index contributed by atoms with van der Waals surface area (Å²) in [5, 5.41) is 14.7. The van der Waals surface area contributed by atoms with E-state index in [1.54, 1.807) is 26.1 Å². The van der Waals surface area contributed by atoms with Gasteiger partial charge in [-0.1, -0.05) is 17.3 Å². The number of hydrogen-bond acceptors (Lipinski definition) is 6. The maximum absolute atomic E-state index is 12.0. The average molecular weight is 305 g/mol. The number of carbonyl (C=O) groups is 1. The van der Waals surface area contributed by atoms with E-state index in [0.29, 0.717) is 11.5 Å². The normalized spacial score (nSPS) is 10.3. The highest BCUT2D eigenvalue weighted by molar-refractivity contribution is 5.77. The van der Waals surface area contributed by atoms with E-state index in [4.69, 9.17) is 9.26 Å². The van der Waals surface area contributed by atoms with Crippen molar-refractivity contribution < 1.29 is 19.0 Å². The number of carbonyl (C=O) groups excluding carboxylic acids is 1. The van der Waals surface area contributed by atoms with Crippen LogP contribution in [0.15, 0.2) is 34.9 Å². The molecule has 0 saturated heterocycles. The van der Waals surface area contributed by atoms with E-state index in [9.17, 15) is 14.9 Å². The standard InChI is InChI=1S/C14H15N3O5/c1-10-7-11(15-22-10)8-16(2)14(18)9-21-13-6-4-3-5-12(13)17(19)20/h3-7H,8-9H2,1-2H3. The highest BCUT2D eigenvalue weighted by Gasteiger charge is 2.17. The van der Waals surface area contributed by atoms with Crippen molar-refractivity contribution in [2.75, 3.05) is 13.7 Å². The number of para-hydroxylation sites is 2. The van der Waals surface area contributed by atoms with Crippen LogP contribution in [0.3, 0.4) is 0 Å². The second-order valence-electron chi connectivity index (χ2n) is 4.69. The number of nitrogens with zero attached hydrogens (tertiary/aromatic N) is 3. The van der Waals surface area contributed by atoms with Crippen molar-refractivity contribution in [1.29, 1.82) is 0 Å². The first-order chi connectivity index (χ1) is 10.5. The average Bonchev–Trinajstić information content (AvgIpc) is 2.90. The highest BCUT2D eigenvalue weighted by atomic mass is 16.6. The summed E-state index contributed by atoms with van der Waals surface area (Å²) in [5.41, 5.74) is 0.448. The summed E-state index contributed by atoms with van der Waals surface area (Å²) in [6.45, 7) is 1.74.